The Balaban J connectivity index is 1.51. The average molecular weight is 375 g/mol. The molecule has 144 valence electrons. The van der Waals surface area contributed by atoms with Crippen LogP contribution >= 0.6 is 0 Å². The molecule has 2 fully saturated rings. The minimum absolute atomic E-state index is 0.0508. The topological polar surface area (TPSA) is 47.6 Å². The van der Waals surface area contributed by atoms with Crippen molar-refractivity contribution in [1.82, 2.24) is 0 Å². The number of rotatable bonds is 4. The molecule has 2 bridgehead atoms. The number of fused-ring (bicyclic) bond motifs is 3. The van der Waals surface area contributed by atoms with Crippen molar-refractivity contribution in [1.29, 1.82) is 0 Å². The van der Waals surface area contributed by atoms with E-state index >= 15 is 0 Å². The molecule has 5 rings (SSSR count). The first-order valence-electron chi connectivity index (χ1n) is 10.1. The van der Waals surface area contributed by atoms with Crippen LogP contribution in [0.15, 0.2) is 42.5 Å². The predicted molar refractivity (Wildman–Crippen MR) is 110 cm³/mol. The third-order valence-electron chi connectivity index (χ3n) is 6.59. The molecule has 2 aromatic carbocycles. The van der Waals surface area contributed by atoms with Gasteiger partial charge in [-0.25, -0.2) is 0 Å². The second-order valence-corrected chi connectivity index (χ2v) is 8.20. The van der Waals surface area contributed by atoms with Gasteiger partial charge in [-0.15, -0.1) is 0 Å². The van der Waals surface area contributed by atoms with E-state index in [0.717, 1.165) is 51.8 Å². The molecule has 3 aliphatic rings. The van der Waals surface area contributed by atoms with Crippen molar-refractivity contribution in [2.45, 2.75) is 38.7 Å². The molecule has 2 aliphatic carbocycles. The highest BCUT2D eigenvalue weighted by Crippen LogP contribution is 2.47. The van der Waals surface area contributed by atoms with Gasteiger partial charge in [0.2, 0.25) is 0 Å². The van der Waals surface area contributed by atoms with E-state index in [4.69, 9.17) is 9.47 Å². The van der Waals surface area contributed by atoms with Crippen LogP contribution in [0, 0.1) is 11.8 Å². The van der Waals surface area contributed by atoms with Gasteiger partial charge in [-0.05, 0) is 73.8 Å². The van der Waals surface area contributed by atoms with E-state index in [1.807, 2.05) is 49.4 Å². The van der Waals surface area contributed by atoms with Gasteiger partial charge >= 0.3 is 0 Å². The molecular weight excluding hydrogens is 350 g/mol. The van der Waals surface area contributed by atoms with Crippen molar-refractivity contribution < 1.29 is 14.3 Å². The van der Waals surface area contributed by atoms with Gasteiger partial charge in [0, 0.05) is 11.3 Å². The van der Waals surface area contributed by atoms with Crippen LogP contribution in [-0.4, -0.2) is 19.1 Å². The normalized spacial score (nSPS) is 26.8. The van der Waals surface area contributed by atoms with Gasteiger partial charge in [-0.3, -0.25) is 4.79 Å². The number of methoxy groups -OCH3 is 1. The van der Waals surface area contributed by atoms with Gasteiger partial charge in [-0.2, -0.15) is 0 Å². The molecule has 0 unspecified atom stereocenters. The van der Waals surface area contributed by atoms with Gasteiger partial charge in [-0.1, -0.05) is 24.3 Å². The van der Waals surface area contributed by atoms with Crippen molar-refractivity contribution in [3.63, 3.8) is 0 Å². The zero-order chi connectivity index (χ0) is 19.3. The maximum Gasteiger partial charge on any atom is 0.256 e. The summed E-state index contributed by atoms with van der Waals surface area (Å²) in [7, 11) is 1.68. The average Bonchev–Trinajstić information content (AvgIpc) is 3.40. The highest BCUT2D eigenvalue weighted by Gasteiger charge is 2.41. The Bertz CT molecular complexity index is 978. The van der Waals surface area contributed by atoms with E-state index in [-0.39, 0.29) is 12.0 Å². The first-order valence-corrected chi connectivity index (χ1v) is 10.1. The van der Waals surface area contributed by atoms with Gasteiger partial charge in [0.1, 0.15) is 6.10 Å². The number of ether oxygens (including phenoxy) is 2. The Labute approximate surface area is 165 Å². The van der Waals surface area contributed by atoms with Gasteiger partial charge in [0.25, 0.3) is 5.91 Å². The lowest BCUT2D eigenvalue weighted by atomic mass is 9.96. The molecule has 4 heteroatoms. The first-order chi connectivity index (χ1) is 13.6. The van der Waals surface area contributed by atoms with Crippen LogP contribution in [-0.2, 0) is 4.79 Å². The smallest absolute Gasteiger partial charge is 0.256 e. The molecule has 1 heterocycles. The lowest BCUT2D eigenvalue weighted by molar-refractivity contribution is -0.110. The summed E-state index contributed by atoms with van der Waals surface area (Å²) in [6.07, 6.45) is 5.35. The van der Waals surface area contributed by atoms with Crippen LogP contribution in [0.2, 0.25) is 0 Å². The monoisotopic (exact) mass is 375 g/mol. The van der Waals surface area contributed by atoms with Gasteiger partial charge in [0.05, 0.1) is 12.7 Å². The van der Waals surface area contributed by atoms with Gasteiger partial charge in [0.15, 0.2) is 11.5 Å². The van der Waals surface area contributed by atoms with E-state index in [1.165, 1.54) is 19.3 Å². The minimum atomic E-state index is -0.0508. The summed E-state index contributed by atoms with van der Waals surface area (Å²) in [4.78, 5) is 12.6. The van der Waals surface area contributed by atoms with Crippen molar-refractivity contribution >= 4 is 22.7 Å². The number of anilines is 1. The van der Waals surface area contributed by atoms with Crippen LogP contribution < -0.4 is 14.8 Å². The van der Waals surface area contributed by atoms with Crippen LogP contribution in [0.25, 0.3) is 11.1 Å². The third kappa shape index (κ3) is 2.79. The summed E-state index contributed by atoms with van der Waals surface area (Å²) >= 11 is 0. The zero-order valence-electron chi connectivity index (χ0n) is 16.3. The Hall–Kier alpha value is -2.75. The van der Waals surface area contributed by atoms with Crippen molar-refractivity contribution in [3.8, 4) is 11.5 Å². The lowest BCUT2D eigenvalue weighted by Crippen LogP contribution is -2.23. The maximum absolute atomic E-state index is 12.6. The van der Waals surface area contributed by atoms with Gasteiger partial charge < -0.3 is 14.8 Å². The molecule has 4 nitrogen and oxygen atoms in total. The second-order valence-electron chi connectivity index (χ2n) is 8.20. The van der Waals surface area contributed by atoms with Crippen LogP contribution in [0.1, 0.15) is 43.7 Å². The van der Waals surface area contributed by atoms with Crippen LogP contribution in [0.4, 0.5) is 5.69 Å². The molecule has 0 aromatic heterocycles. The van der Waals surface area contributed by atoms with E-state index < -0.39 is 0 Å². The first kappa shape index (κ1) is 17.4. The molecule has 28 heavy (non-hydrogen) atoms. The van der Waals surface area contributed by atoms with E-state index in [1.54, 1.807) is 7.11 Å². The number of nitrogens with one attached hydrogen (secondary N) is 1. The second kappa shape index (κ2) is 6.69. The Morgan fingerprint density at radius 2 is 1.93 bits per heavy atom. The zero-order valence-corrected chi connectivity index (χ0v) is 16.3. The largest absolute Gasteiger partial charge is 0.493 e. The molecule has 1 aliphatic heterocycles. The fourth-order valence-corrected chi connectivity index (χ4v) is 5.13. The summed E-state index contributed by atoms with van der Waals surface area (Å²) in [5.74, 6) is 2.98. The summed E-state index contributed by atoms with van der Waals surface area (Å²) < 4.78 is 12.0. The van der Waals surface area contributed by atoms with Crippen molar-refractivity contribution in [3.05, 3.63) is 53.6 Å². The molecular formula is C24H25NO3. The number of para-hydroxylation sites is 1. The molecule has 0 saturated heterocycles. The molecule has 3 atom stereocenters. The van der Waals surface area contributed by atoms with Crippen LogP contribution in [0.5, 0.6) is 11.5 Å². The van der Waals surface area contributed by atoms with E-state index in [2.05, 4.69) is 5.32 Å². The lowest BCUT2D eigenvalue weighted by Gasteiger charge is -2.24. The SMILES string of the molecule is COc1ccc(/C(C)=C2/C(=O)Nc3ccccc32)cc1O[C@H]1C[C@@H]2CC[C@H]1C2. The van der Waals surface area contributed by atoms with Crippen molar-refractivity contribution in [2.75, 3.05) is 12.4 Å². The summed E-state index contributed by atoms with van der Waals surface area (Å²) in [5.41, 5.74) is 4.49. The number of hydrogen-bond acceptors (Lipinski definition) is 3. The van der Waals surface area contributed by atoms with Crippen LogP contribution in [0.3, 0.4) is 0 Å². The highest BCUT2D eigenvalue weighted by atomic mass is 16.5. The Kier molecular flexibility index (Phi) is 4.15. The minimum Gasteiger partial charge on any atom is -0.493 e. The predicted octanol–water partition coefficient (Wildman–Crippen LogP) is 5.15. The quantitative estimate of drug-likeness (QED) is 0.752. The summed E-state index contributed by atoms with van der Waals surface area (Å²) in [6, 6.07) is 13.8. The number of amides is 1. The van der Waals surface area contributed by atoms with E-state index in [9.17, 15) is 4.79 Å². The molecule has 0 spiro atoms. The molecule has 1 amide bonds. The number of carbonyl (C=O) groups excluding carboxylic acids is 1. The number of benzene rings is 2. The number of allylic oxidation sites excluding steroid dienone is 1. The van der Waals surface area contributed by atoms with Crippen molar-refractivity contribution in [2.24, 2.45) is 11.8 Å². The molecule has 1 N–H and O–H groups in total. The number of hydrogen-bond donors (Lipinski definition) is 1. The summed E-state index contributed by atoms with van der Waals surface area (Å²) in [5, 5.41) is 2.96. The maximum atomic E-state index is 12.6. The standard InChI is InChI=1S/C24H25NO3/c1-14(23-18-5-3-4-6-19(18)25-24(23)26)16-9-10-20(27-2)22(13-16)28-21-12-15-7-8-17(21)11-15/h3-6,9-10,13,15,17,21H,7-8,11-12H2,1-2H3,(H,25,26)/b23-14+/t15-,17+,21+/m1/s1. The Morgan fingerprint density at radius 3 is 2.68 bits per heavy atom. The fourth-order valence-electron chi connectivity index (χ4n) is 5.13. The Morgan fingerprint density at radius 1 is 1.07 bits per heavy atom. The molecule has 2 aromatic rings. The highest BCUT2D eigenvalue weighted by molar-refractivity contribution is 6.36. The molecule has 0 radical (unpaired) electrons. The number of carbonyl (C=O) groups is 1. The van der Waals surface area contributed by atoms with E-state index in [0.29, 0.717) is 5.92 Å². The fraction of sp³-hybridized carbons (Fsp3) is 0.375. The third-order valence-corrected chi connectivity index (χ3v) is 6.59. The molecule has 2 saturated carbocycles. The summed E-state index contributed by atoms with van der Waals surface area (Å²) in [6.45, 7) is 2.00.